The highest BCUT2D eigenvalue weighted by Crippen LogP contribution is 2.40. The standard InChI is InChI=1S/C18H18ClNO4S/c19-13-8-15-14(23-10-24-15)6-12(13)7-16-17(21)20(18(22)25-16)9-11-4-2-1-3-5-11/h6-8,11H,1-5,9-10H2/b16-7+. The van der Waals surface area contributed by atoms with Gasteiger partial charge in [0.05, 0.1) is 9.93 Å². The Kier molecular flexibility index (Phi) is 4.65. The van der Waals surface area contributed by atoms with Crippen molar-refractivity contribution in [2.75, 3.05) is 13.3 Å². The first-order valence-electron chi connectivity index (χ1n) is 8.46. The molecule has 0 aromatic heterocycles. The average Bonchev–Trinajstić information content (AvgIpc) is 3.16. The highest BCUT2D eigenvalue weighted by Gasteiger charge is 2.36. The zero-order valence-electron chi connectivity index (χ0n) is 13.6. The van der Waals surface area contributed by atoms with Gasteiger partial charge in [-0.2, -0.15) is 0 Å². The molecular formula is C18H18ClNO4S. The van der Waals surface area contributed by atoms with Crippen LogP contribution in [0.1, 0.15) is 37.7 Å². The van der Waals surface area contributed by atoms with E-state index in [1.807, 2.05) is 0 Å². The van der Waals surface area contributed by atoms with Crippen LogP contribution in [0.4, 0.5) is 4.79 Å². The minimum atomic E-state index is -0.227. The topological polar surface area (TPSA) is 55.8 Å². The van der Waals surface area contributed by atoms with Crippen molar-refractivity contribution >= 4 is 40.6 Å². The van der Waals surface area contributed by atoms with Gasteiger partial charge in [-0.3, -0.25) is 14.5 Å². The summed E-state index contributed by atoms with van der Waals surface area (Å²) >= 11 is 7.24. The number of carbonyl (C=O) groups excluding carboxylic acids is 2. The predicted octanol–water partition coefficient (Wildman–Crippen LogP) is 4.69. The number of halogens is 1. The van der Waals surface area contributed by atoms with Gasteiger partial charge in [0.2, 0.25) is 6.79 Å². The molecule has 2 aliphatic heterocycles. The number of imide groups is 1. The van der Waals surface area contributed by atoms with Crippen LogP contribution in [0.5, 0.6) is 11.5 Å². The van der Waals surface area contributed by atoms with Gasteiger partial charge in [-0.1, -0.05) is 30.9 Å². The summed E-state index contributed by atoms with van der Waals surface area (Å²) in [5.74, 6) is 1.38. The average molecular weight is 380 g/mol. The number of nitrogens with zero attached hydrogens (tertiary/aromatic N) is 1. The maximum absolute atomic E-state index is 12.7. The van der Waals surface area contributed by atoms with Crippen molar-refractivity contribution in [3.63, 3.8) is 0 Å². The minimum Gasteiger partial charge on any atom is -0.454 e. The zero-order valence-corrected chi connectivity index (χ0v) is 15.2. The lowest BCUT2D eigenvalue weighted by Crippen LogP contribution is -2.34. The molecule has 0 radical (unpaired) electrons. The third kappa shape index (κ3) is 3.37. The van der Waals surface area contributed by atoms with Gasteiger partial charge in [0.25, 0.3) is 11.1 Å². The highest BCUT2D eigenvalue weighted by molar-refractivity contribution is 8.18. The van der Waals surface area contributed by atoms with Gasteiger partial charge in [0, 0.05) is 12.6 Å². The second-order valence-electron chi connectivity index (χ2n) is 6.52. The van der Waals surface area contributed by atoms with Crippen LogP contribution in [0.2, 0.25) is 5.02 Å². The molecular weight excluding hydrogens is 362 g/mol. The molecule has 2 heterocycles. The number of hydrogen-bond acceptors (Lipinski definition) is 5. The van der Waals surface area contributed by atoms with Crippen LogP contribution in [0.3, 0.4) is 0 Å². The predicted molar refractivity (Wildman–Crippen MR) is 96.8 cm³/mol. The molecule has 0 spiro atoms. The molecule has 1 aromatic carbocycles. The molecule has 0 atom stereocenters. The van der Waals surface area contributed by atoms with Crippen molar-refractivity contribution in [1.29, 1.82) is 0 Å². The van der Waals surface area contributed by atoms with Gasteiger partial charge in [-0.05, 0) is 48.2 Å². The molecule has 4 rings (SSSR count). The fourth-order valence-corrected chi connectivity index (χ4v) is 4.52. The molecule has 0 bridgehead atoms. The van der Waals surface area contributed by atoms with Crippen LogP contribution in [0.25, 0.3) is 6.08 Å². The monoisotopic (exact) mass is 379 g/mol. The van der Waals surface area contributed by atoms with E-state index in [0.29, 0.717) is 39.5 Å². The molecule has 5 nitrogen and oxygen atoms in total. The molecule has 1 aliphatic carbocycles. The molecule has 7 heteroatoms. The fourth-order valence-electron chi connectivity index (χ4n) is 3.47. The number of ether oxygens (including phenoxy) is 2. The van der Waals surface area contributed by atoms with E-state index in [9.17, 15) is 9.59 Å². The Morgan fingerprint density at radius 1 is 1.16 bits per heavy atom. The highest BCUT2D eigenvalue weighted by atomic mass is 35.5. The lowest BCUT2D eigenvalue weighted by molar-refractivity contribution is -0.123. The summed E-state index contributed by atoms with van der Waals surface area (Å²) in [6.07, 6.45) is 7.47. The second kappa shape index (κ2) is 6.92. The third-order valence-electron chi connectivity index (χ3n) is 4.82. The largest absolute Gasteiger partial charge is 0.454 e. The van der Waals surface area contributed by atoms with E-state index >= 15 is 0 Å². The van der Waals surface area contributed by atoms with Crippen molar-refractivity contribution in [3.05, 3.63) is 27.6 Å². The smallest absolute Gasteiger partial charge is 0.293 e. The first-order valence-corrected chi connectivity index (χ1v) is 9.66. The number of amides is 2. The molecule has 0 unspecified atom stereocenters. The Hall–Kier alpha value is -1.66. The summed E-state index contributed by atoms with van der Waals surface area (Å²) < 4.78 is 10.6. The zero-order chi connectivity index (χ0) is 17.4. The number of rotatable bonds is 3. The van der Waals surface area contributed by atoms with Crippen LogP contribution in [0, 0.1) is 5.92 Å². The summed E-state index contributed by atoms with van der Waals surface area (Å²) in [5, 5.41) is 0.266. The summed E-state index contributed by atoms with van der Waals surface area (Å²) in [4.78, 5) is 26.7. The van der Waals surface area contributed by atoms with Crippen LogP contribution in [0.15, 0.2) is 17.0 Å². The fraction of sp³-hybridized carbons (Fsp3) is 0.444. The van der Waals surface area contributed by atoms with E-state index in [2.05, 4.69) is 0 Å². The van der Waals surface area contributed by atoms with E-state index in [1.165, 1.54) is 24.2 Å². The summed E-state index contributed by atoms with van der Waals surface area (Å²) in [7, 11) is 0. The van der Waals surface area contributed by atoms with Crippen molar-refractivity contribution < 1.29 is 19.1 Å². The third-order valence-corrected chi connectivity index (χ3v) is 6.05. The lowest BCUT2D eigenvalue weighted by Gasteiger charge is -2.25. The van der Waals surface area contributed by atoms with E-state index < -0.39 is 0 Å². The number of thioether (sulfide) groups is 1. The van der Waals surface area contributed by atoms with E-state index in [0.717, 1.165) is 24.6 Å². The van der Waals surface area contributed by atoms with E-state index in [-0.39, 0.29) is 17.9 Å². The molecule has 132 valence electrons. The summed E-state index contributed by atoms with van der Waals surface area (Å²) in [6.45, 7) is 0.684. The van der Waals surface area contributed by atoms with E-state index in [1.54, 1.807) is 18.2 Å². The van der Waals surface area contributed by atoms with Gasteiger partial charge in [-0.25, -0.2) is 0 Å². The Balaban J connectivity index is 1.54. The molecule has 0 N–H and O–H groups in total. The second-order valence-corrected chi connectivity index (χ2v) is 7.92. The first kappa shape index (κ1) is 16.8. The Morgan fingerprint density at radius 3 is 2.64 bits per heavy atom. The molecule has 1 saturated heterocycles. The quantitative estimate of drug-likeness (QED) is 0.713. The van der Waals surface area contributed by atoms with Crippen LogP contribution < -0.4 is 9.47 Å². The van der Waals surface area contributed by atoms with Gasteiger partial charge in [0.15, 0.2) is 11.5 Å². The Morgan fingerprint density at radius 2 is 1.88 bits per heavy atom. The van der Waals surface area contributed by atoms with Crippen LogP contribution in [-0.4, -0.2) is 29.4 Å². The van der Waals surface area contributed by atoms with Gasteiger partial charge in [-0.15, -0.1) is 0 Å². The van der Waals surface area contributed by atoms with Crippen LogP contribution in [-0.2, 0) is 4.79 Å². The number of fused-ring (bicyclic) bond motifs is 1. The number of benzene rings is 1. The molecule has 1 saturated carbocycles. The Labute approximate surface area is 155 Å². The number of carbonyl (C=O) groups is 2. The molecule has 3 aliphatic rings. The van der Waals surface area contributed by atoms with Crippen molar-refractivity contribution in [1.82, 2.24) is 4.90 Å². The SMILES string of the molecule is O=C1S/C(=C/c2cc3c(cc2Cl)OCO3)C(=O)N1CC1CCCCC1. The molecule has 1 aromatic rings. The maximum Gasteiger partial charge on any atom is 0.293 e. The molecule has 25 heavy (non-hydrogen) atoms. The normalized spacial score (nSPS) is 22.3. The lowest BCUT2D eigenvalue weighted by atomic mass is 9.89. The molecule has 2 fully saturated rings. The summed E-state index contributed by atoms with van der Waals surface area (Å²) in [5.41, 5.74) is 0.647. The van der Waals surface area contributed by atoms with Gasteiger partial charge >= 0.3 is 0 Å². The number of hydrogen-bond donors (Lipinski definition) is 0. The summed E-state index contributed by atoms with van der Waals surface area (Å²) in [6, 6.07) is 3.40. The Bertz CT molecular complexity index is 758. The van der Waals surface area contributed by atoms with Crippen molar-refractivity contribution in [2.45, 2.75) is 32.1 Å². The maximum atomic E-state index is 12.7. The van der Waals surface area contributed by atoms with Crippen molar-refractivity contribution in [3.8, 4) is 11.5 Å². The minimum absolute atomic E-state index is 0.160. The van der Waals surface area contributed by atoms with E-state index in [4.69, 9.17) is 21.1 Å². The first-order chi connectivity index (χ1) is 12.1. The van der Waals surface area contributed by atoms with Crippen molar-refractivity contribution in [2.24, 2.45) is 5.92 Å². The van der Waals surface area contributed by atoms with Gasteiger partial charge in [0.1, 0.15) is 0 Å². The van der Waals surface area contributed by atoms with Gasteiger partial charge < -0.3 is 9.47 Å². The van der Waals surface area contributed by atoms with Crippen LogP contribution >= 0.6 is 23.4 Å². The molecule has 2 amide bonds.